The molecule has 1 amide bonds. The van der Waals surface area contributed by atoms with Gasteiger partial charge in [-0.15, -0.1) is 0 Å². The number of anilines is 1. The Balaban J connectivity index is 1.54. The van der Waals surface area contributed by atoms with Gasteiger partial charge in [-0.2, -0.15) is 0 Å². The molecule has 2 aromatic rings. The molecule has 132 valence electrons. The van der Waals surface area contributed by atoms with Crippen molar-refractivity contribution >= 4 is 23.2 Å². The van der Waals surface area contributed by atoms with Crippen LogP contribution in [0.25, 0.3) is 0 Å². The highest BCUT2D eigenvalue weighted by molar-refractivity contribution is 6.30. The van der Waals surface area contributed by atoms with E-state index in [2.05, 4.69) is 0 Å². The van der Waals surface area contributed by atoms with E-state index in [1.165, 1.54) is 11.0 Å². The number of rotatable bonds is 6. The molecule has 0 saturated carbocycles. The predicted octanol–water partition coefficient (Wildman–Crippen LogP) is 3.60. The molecule has 0 aliphatic carbocycles. The molecule has 0 aromatic heterocycles. The number of halogens is 2. The van der Waals surface area contributed by atoms with Crippen LogP contribution in [0.4, 0.5) is 10.1 Å². The lowest BCUT2D eigenvalue weighted by atomic mass is 10.2. The summed E-state index contributed by atoms with van der Waals surface area (Å²) in [4.78, 5) is 16.1. The van der Waals surface area contributed by atoms with Crippen LogP contribution in [0, 0.1) is 5.82 Å². The van der Waals surface area contributed by atoms with Crippen LogP contribution in [0.2, 0.25) is 5.02 Å². The summed E-state index contributed by atoms with van der Waals surface area (Å²) in [6.07, 6.45) is 0.671. The highest BCUT2D eigenvalue weighted by Gasteiger charge is 2.36. The van der Waals surface area contributed by atoms with Gasteiger partial charge < -0.3 is 9.64 Å². The summed E-state index contributed by atoms with van der Waals surface area (Å²) in [6, 6.07) is 13.3. The summed E-state index contributed by atoms with van der Waals surface area (Å²) in [5, 5.41) is 0.661. The number of carbonyl (C=O) groups excluding carboxylic acids is 1. The lowest BCUT2D eigenvalue weighted by molar-refractivity contribution is -0.121. The van der Waals surface area contributed by atoms with E-state index in [1.54, 1.807) is 30.3 Å². The Kier molecular flexibility index (Phi) is 5.56. The van der Waals surface area contributed by atoms with Gasteiger partial charge in [0.05, 0.1) is 11.7 Å². The number of likely N-dealkylation sites (N-methyl/N-ethyl adjacent to an activating group) is 1. The third kappa shape index (κ3) is 4.11. The third-order valence-corrected chi connectivity index (χ3v) is 4.63. The van der Waals surface area contributed by atoms with E-state index in [0.717, 1.165) is 5.75 Å². The Bertz CT molecular complexity index is 738. The third-order valence-electron chi connectivity index (χ3n) is 4.38. The second-order valence-corrected chi connectivity index (χ2v) is 6.47. The molecule has 1 saturated heterocycles. The Morgan fingerprint density at radius 2 is 1.96 bits per heavy atom. The van der Waals surface area contributed by atoms with Crippen LogP contribution in [-0.2, 0) is 4.79 Å². The molecule has 0 N–H and O–H groups in total. The maximum absolute atomic E-state index is 13.9. The van der Waals surface area contributed by atoms with Crippen LogP contribution in [0.3, 0.4) is 0 Å². The van der Waals surface area contributed by atoms with Crippen molar-refractivity contribution in [1.82, 2.24) is 4.90 Å². The topological polar surface area (TPSA) is 32.8 Å². The number of ether oxygens (including phenoxy) is 1. The van der Waals surface area contributed by atoms with Crippen molar-refractivity contribution in [2.24, 2.45) is 0 Å². The molecule has 0 spiro atoms. The molecule has 6 heteroatoms. The average molecular weight is 363 g/mol. The number of benzene rings is 2. The van der Waals surface area contributed by atoms with Crippen LogP contribution in [0.1, 0.15) is 6.42 Å². The molecule has 25 heavy (non-hydrogen) atoms. The van der Waals surface area contributed by atoms with Gasteiger partial charge in [0.1, 0.15) is 18.2 Å². The lowest BCUT2D eigenvalue weighted by Gasteiger charge is -2.24. The first-order valence-corrected chi connectivity index (χ1v) is 8.58. The molecular weight excluding hydrogens is 343 g/mol. The molecule has 1 fully saturated rings. The molecule has 4 nitrogen and oxygen atoms in total. The molecule has 1 unspecified atom stereocenters. The molecule has 1 aliphatic rings. The zero-order valence-corrected chi connectivity index (χ0v) is 14.7. The van der Waals surface area contributed by atoms with Gasteiger partial charge in [0.15, 0.2) is 0 Å². The van der Waals surface area contributed by atoms with E-state index in [4.69, 9.17) is 16.3 Å². The highest BCUT2D eigenvalue weighted by Crippen LogP contribution is 2.26. The van der Waals surface area contributed by atoms with Crippen LogP contribution in [-0.4, -0.2) is 43.6 Å². The van der Waals surface area contributed by atoms with Gasteiger partial charge in [-0.3, -0.25) is 9.69 Å². The van der Waals surface area contributed by atoms with Crippen molar-refractivity contribution in [1.29, 1.82) is 0 Å². The number of para-hydroxylation sites is 1. The minimum absolute atomic E-state index is 0.0703. The monoisotopic (exact) mass is 362 g/mol. The summed E-state index contributed by atoms with van der Waals surface area (Å²) in [5.74, 6) is 0.299. The normalized spacial score (nSPS) is 17.4. The lowest BCUT2D eigenvalue weighted by Crippen LogP contribution is -2.41. The Labute approximate surface area is 151 Å². The van der Waals surface area contributed by atoms with Crippen LogP contribution >= 0.6 is 11.6 Å². The number of amides is 1. The van der Waals surface area contributed by atoms with Crippen LogP contribution in [0.5, 0.6) is 5.75 Å². The second kappa shape index (κ2) is 7.85. The zero-order valence-electron chi connectivity index (χ0n) is 14.0. The average Bonchev–Trinajstić information content (AvgIpc) is 2.98. The summed E-state index contributed by atoms with van der Waals surface area (Å²) in [5.41, 5.74) is 0.348. The predicted molar refractivity (Wildman–Crippen MR) is 96.7 cm³/mol. The van der Waals surface area contributed by atoms with Gasteiger partial charge >= 0.3 is 0 Å². The van der Waals surface area contributed by atoms with Gasteiger partial charge in [0.2, 0.25) is 5.91 Å². The fourth-order valence-corrected chi connectivity index (χ4v) is 3.10. The van der Waals surface area contributed by atoms with Crippen LogP contribution in [0.15, 0.2) is 48.5 Å². The summed E-state index contributed by atoms with van der Waals surface area (Å²) in [6.45, 7) is 1.58. The van der Waals surface area contributed by atoms with E-state index in [9.17, 15) is 9.18 Å². The van der Waals surface area contributed by atoms with Crippen molar-refractivity contribution in [2.45, 2.75) is 12.5 Å². The number of nitrogens with zero attached hydrogens (tertiary/aromatic N) is 2. The zero-order chi connectivity index (χ0) is 17.8. The van der Waals surface area contributed by atoms with Crippen LogP contribution < -0.4 is 9.64 Å². The second-order valence-electron chi connectivity index (χ2n) is 6.03. The molecule has 1 aliphatic heterocycles. The van der Waals surface area contributed by atoms with Gasteiger partial charge in [-0.05, 0) is 49.9 Å². The fourth-order valence-electron chi connectivity index (χ4n) is 2.98. The van der Waals surface area contributed by atoms with Gasteiger partial charge in [0.25, 0.3) is 0 Å². The Morgan fingerprint density at radius 1 is 1.24 bits per heavy atom. The Morgan fingerprint density at radius 3 is 2.68 bits per heavy atom. The summed E-state index contributed by atoms with van der Waals surface area (Å²) in [7, 11) is 1.89. The van der Waals surface area contributed by atoms with E-state index >= 15 is 0 Å². The number of carbonyl (C=O) groups is 1. The molecule has 0 bridgehead atoms. The van der Waals surface area contributed by atoms with Gasteiger partial charge in [0, 0.05) is 18.1 Å². The summed E-state index contributed by atoms with van der Waals surface area (Å²) >= 11 is 5.84. The largest absolute Gasteiger partial charge is 0.492 e. The first-order valence-electron chi connectivity index (χ1n) is 8.21. The smallest absolute Gasteiger partial charge is 0.244 e. The van der Waals surface area contributed by atoms with E-state index in [-0.39, 0.29) is 17.8 Å². The maximum Gasteiger partial charge on any atom is 0.244 e. The minimum Gasteiger partial charge on any atom is -0.492 e. The van der Waals surface area contributed by atoms with E-state index in [1.807, 2.05) is 24.1 Å². The highest BCUT2D eigenvalue weighted by atomic mass is 35.5. The minimum atomic E-state index is -0.370. The first-order chi connectivity index (χ1) is 12.1. The SMILES string of the molecule is CN(CCOc1ccc(Cl)cc1)C1CCN(c2ccccc2F)C1=O. The molecule has 1 heterocycles. The summed E-state index contributed by atoms with van der Waals surface area (Å²) < 4.78 is 19.6. The van der Waals surface area contributed by atoms with E-state index < -0.39 is 0 Å². The standard InChI is InChI=1S/C19H20ClFN2O2/c1-22(12-13-25-15-8-6-14(20)7-9-15)18-10-11-23(19(18)24)17-5-3-2-4-16(17)21/h2-9,18H,10-13H2,1H3. The van der Waals surface area contributed by atoms with Crippen molar-refractivity contribution in [3.8, 4) is 5.75 Å². The quantitative estimate of drug-likeness (QED) is 0.787. The van der Waals surface area contributed by atoms with Gasteiger partial charge in [-0.1, -0.05) is 23.7 Å². The molecule has 0 radical (unpaired) electrons. The molecule has 3 rings (SSSR count). The fraction of sp³-hybridized carbons (Fsp3) is 0.316. The van der Waals surface area contributed by atoms with Gasteiger partial charge in [-0.25, -0.2) is 4.39 Å². The van der Waals surface area contributed by atoms with E-state index in [0.29, 0.717) is 36.8 Å². The van der Waals surface area contributed by atoms with Crippen molar-refractivity contribution in [3.63, 3.8) is 0 Å². The number of hydrogen-bond donors (Lipinski definition) is 0. The maximum atomic E-state index is 13.9. The Hall–Kier alpha value is -2.11. The molecule has 1 atom stereocenters. The van der Waals surface area contributed by atoms with Crippen molar-refractivity contribution in [2.75, 3.05) is 31.6 Å². The van der Waals surface area contributed by atoms with Crippen molar-refractivity contribution in [3.05, 3.63) is 59.4 Å². The first kappa shape index (κ1) is 17.7. The molecule has 2 aromatic carbocycles. The number of hydrogen-bond acceptors (Lipinski definition) is 3. The van der Waals surface area contributed by atoms with Crippen molar-refractivity contribution < 1.29 is 13.9 Å². The molecular formula is C19H20ClFN2O2.